The minimum absolute atomic E-state index is 0.0200. The Bertz CT molecular complexity index is 841. The van der Waals surface area contributed by atoms with Gasteiger partial charge in [0, 0.05) is 0 Å². The zero-order valence-electron chi connectivity index (χ0n) is 18.9. The van der Waals surface area contributed by atoms with Crippen molar-refractivity contribution in [2.45, 2.75) is 84.0 Å². The molecule has 1 aliphatic rings. The van der Waals surface area contributed by atoms with Gasteiger partial charge in [0.2, 0.25) is 5.82 Å². The van der Waals surface area contributed by atoms with Crippen molar-refractivity contribution in [1.82, 2.24) is 0 Å². The van der Waals surface area contributed by atoms with Crippen LogP contribution in [0.2, 0.25) is 0 Å². The van der Waals surface area contributed by atoms with E-state index >= 15 is 0 Å². The molecular weight excluding hydrogens is 397 g/mol. The van der Waals surface area contributed by atoms with Crippen LogP contribution in [0.15, 0.2) is 30.3 Å². The molecule has 1 fully saturated rings. The highest BCUT2D eigenvalue weighted by Gasteiger charge is 2.26. The van der Waals surface area contributed by atoms with E-state index in [0.29, 0.717) is 18.1 Å². The van der Waals surface area contributed by atoms with Crippen LogP contribution in [0.3, 0.4) is 0 Å². The molecule has 0 amide bonds. The number of benzene rings is 2. The van der Waals surface area contributed by atoms with Crippen molar-refractivity contribution in [3.8, 4) is 5.75 Å². The molecule has 2 aromatic carbocycles. The lowest BCUT2D eigenvalue weighted by Crippen LogP contribution is -2.16. The molecule has 0 aliphatic heterocycles. The summed E-state index contributed by atoms with van der Waals surface area (Å²) >= 11 is 0. The Hall–Kier alpha value is -1.97. The molecule has 2 aromatic rings. The van der Waals surface area contributed by atoms with Crippen LogP contribution in [0.5, 0.6) is 5.75 Å². The summed E-state index contributed by atoms with van der Waals surface area (Å²) in [6.07, 6.45) is 9.44. The Balaban J connectivity index is 1.50. The third-order valence-electron chi connectivity index (χ3n) is 6.65. The fourth-order valence-corrected chi connectivity index (χ4v) is 4.66. The molecular formula is C27H35F3O. The van der Waals surface area contributed by atoms with Gasteiger partial charge in [-0.3, -0.25) is 0 Å². The van der Waals surface area contributed by atoms with Gasteiger partial charge < -0.3 is 4.74 Å². The smallest absolute Gasteiger partial charge is 0.200 e. The van der Waals surface area contributed by atoms with Gasteiger partial charge in [0.05, 0.1) is 6.61 Å². The van der Waals surface area contributed by atoms with E-state index in [1.807, 2.05) is 19.1 Å². The van der Waals surface area contributed by atoms with Crippen molar-refractivity contribution in [1.29, 1.82) is 0 Å². The highest BCUT2D eigenvalue weighted by atomic mass is 19.2. The van der Waals surface area contributed by atoms with E-state index in [1.54, 1.807) is 18.2 Å². The summed E-state index contributed by atoms with van der Waals surface area (Å²) in [5, 5.41) is 0. The summed E-state index contributed by atoms with van der Waals surface area (Å²) < 4.78 is 48.7. The van der Waals surface area contributed by atoms with Gasteiger partial charge in [-0.25, -0.2) is 8.78 Å². The molecule has 1 saturated carbocycles. The van der Waals surface area contributed by atoms with Crippen molar-refractivity contribution in [3.63, 3.8) is 0 Å². The Morgan fingerprint density at radius 2 is 1.68 bits per heavy atom. The predicted octanol–water partition coefficient (Wildman–Crippen LogP) is 8.28. The van der Waals surface area contributed by atoms with Gasteiger partial charge in [-0.1, -0.05) is 44.4 Å². The number of ether oxygens (including phenoxy) is 1. The molecule has 0 N–H and O–H groups in total. The molecule has 0 atom stereocenters. The molecule has 1 nitrogen and oxygen atoms in total. The zero-order chi connectivity index (χ0) is 22.2. The fourth-order valence-electron chi connectivity index (χ4n) is 4.66. The number of aryl methyl sites for hydroxylation is 2. The second-order valence-electron chi connectivity index (χ2n) is 9.04. The number of unbranched alkanes of at least 4 members (excludes halogenated alkanes) is 3. The first kappa shape index (κ1) is 23.7. The van der Waals surface area contributed by atoms with Crippen LogP contribution in [0, 0.1) is 30.3 Å². The highest BCUT2D eigenvalue weighted by molar-refractivity contribution is 5.33. The third-order valence-corrected chi connectivity index (χ3v) is 6.65. The maximum Gasteiger partial charge on any atom is 0.200 e. The normalized spacial score (nSPS) is 18.9. The lowest BCUT2D eigenvalue weighted by molar-refractivity contribution is 0.280. The standard InChI is InChI=1S/C27H35F3O/c1-3-4-5-6-17-31-25-16-15-23(26(29)27(25)30)21-12-8-20(9-13-21)10-14-22-11-7-19(2)18-24(22)28/h7,11,15-16,18,20-21H,3-6,8-10,12-14,17H2,1-2H3. The van der Waals surface area contributed by atoms with Gasteiger partial charge in [-0.05, 0) is 92.5 Å². The Morgan fingerprint density at radius 1 is 0.903 bits per heavy atom. The lowest BCUT2D eigenvalue weighted by Gasteiger charge is -2.29. The van der Waals surface area contributed by atoms with E-state index in [9.17, 15) is 13.2 Å². The molecule has 0 radical (unpaired) electrons. The quantitative estimate of drug-likeness (QED) is 0.343. The average molecular weight is 433 g/mol. The van der Waals surface area contributed by atoms with Crippen molar-refractivity contribution in [2.75, 3.05) is 6.61 Å². The SMILES string of the molecule is CCCCCCOc1ccc(C2CCC(CCc3ccc(C)cc3F)CC2)c(F)c1F. The fraction of sp³-hybridized carbons (Fsp3) is 0.556. The molecule has 170 valence electrons. The Labute approximate surface area is 185 Å². The van der Waals surface area contributed by atoms with Crippen LogP contribution in [-0.2, 0) is 6.42 Å². The Kier molecular flexibility index (Phi) is 8.86. The van der Waals surface area contributed by atoms with Crippen molar-refractivity contribution < 1.29 is 17.9 Å². The van der Waals surface area contributed by atoms with Gasteiger partial charge in [0.25, 0.3) is 0 Å². The van der Waals surface area contributed by atoms with E-state index in [-0.39, 0.29) is 17.5 Å². The van der Waals surface area contributed by atoms with E-state index < -0.39 is 11.6 Å². The summed E-state index contributed by atoms with van der Waals surface area (Å²) in [6.45, 7) is 4.44. The topological polar surface area (TPSA) is 9.23 Å². The summed E-state index contributed by atoms with van der Waals surface area (Å²) in [6, 6.07) is 8.70. The van der Waals surface area contributed by atoms with Crippen LogP contribution < -0.4 is 4.74 Å². The first-order valence-electron chi connectivity index (χ1n) is 11.8. The van der Waals surface area contributed by atoms with Crippen molar-refractivity contribution in [2.24, 2.45) is 5.92 Å². The van der Waals surface area contributed by atoms with Gasteiger partial charge >= 0.3 is 0 Å². The molecule has 1 aliphatic carbocycles. The van der Waals surface area contributed by atoms with Crippen LogP contribution in [0.25, 0.3) is 0 Å². The molecule has 3 rings (SSSR count). The maximum absolute atomic E-state index is 14.7. The first-order chi connectivity index (χ1) is 15.0. The predicted molar refractivity (Wildman–Crippen MR) is 120 cm³/mol. The van der Waals surface area contributed by atoms with E-state index in [4.69, 9.17) is 4.74 Å². The van der Waals surface area contributed by atoms with Crippen LogP contribution in [0.1, 0.15) is 87.3 Å². The van der Waals surface area contributed by atoms with Gasteiger partial charge in [-0.15, -0.1) is 0 Å². The van der Waals surface area contributed by atoms with Gasteiger partial charge in [0.1, 0.15) is 5.82 Å². The van der Waals surface area contributed by atoms with Gasteiger partial charge in [-0.2, -0.15) is 4.39 Å². The van der Waals surface area contributed by atoms with Crippen molar-refractivity contribution >= 4 is 0 Å². The maximum atomic E-state index is 14.7. The molecule has 0 saturated heterocycles. The molecule has 0 heterocycles. The van der Waals surface area contributed by atoms with E-state index in [0.717, 1.165) is 75.3 Å². The second-order valence-corrected chi connectivity index (χ2v) is 9.04. The average Bonchev–Trinajstić information content (AvgIpc) is 2.76. The lowest BCUT2D eigenvalue weighted by atomic mass is 9.76. The van der Waals surface area contributed by atoms with E-state index in [1.165, 1.54) is 0 Å². The minimum Gasteiger partial charge on any atom is -0.490 e. The largest absolute Gasteiger partial charge is 0.490 e. The highest BCUT2D eigenvalue weighted by Crippen LogP contribution is 2.40. The van der Waals surface area contributed by atoms with Crippen LogP contribution in [-0.4, -0.2) is 6.61 Å². The van der Waals surface area contributed by atoms with Crippen LogP contribution >= 0.6 is 0 Å². The van der Waals surface area contributed by atoms with Crippen LogP contribution in [0.4, 0.5) is 13.2 Å². The molecule has 0 bridgehead atoms. The molecule has 0 spiro atoms. The summed E-state index contributed by atoms with van der Waals surface area (Å²) in [7, 11) is 0. The summed E-state index contributed by atoms with van der Waals surface area (Å²) in [5.74, 6) is -1.16. The number of rotatable bonds is 10. The summed E-state index contributed by atoms with van der Waals surface area (Å²) in [5.41, 5.74) is 2.17. The zero-order valence-corrected chi connectivity index (χ0v) is 18.9. The minimum atomic E-state index is -0.857. The number of halogens is 3. The second kappa shape index (κ2) is 11.6. The molecule has 0 aromatic heterocycles. The monoisotopic (exact) mass is 432 g/mol. The molecule has 4 heteroatoms. The first-order valence-corrected chi connectivity index (χ1v) is 11.8. The summed E-state index contributed by atoms with van der Waals surface area (Å²) in [4.78, 5) is 0. The van der Waals surface area contributed by atoms with E-state index in [2.05, 4.69) is 6.92 Å². The van der Waals surface area contributed by atoms with Gasteiger partial charge in [0.15, 0.2) is 11.6 Å². The molecule has 0 unspecified atom stereocenters. The molecule has 31 heavy (non-hydrogen) atoms. The third kappa shape index (κ3) is 6.51. The number of hydrogen-bond acceptors (Lipinski definition) is 1. The Morgan fingerprint density at radius 3 is 2.39 bits per heavy atom. The van der Waals surface area contributed by atoms with Crippen molar-refractivity contribution in [3.05, 3.63) is 64.5 Å². The number of hydrogen-bond donors (Lipinski definition) is 0.